The summed E-state index contributed by atoms with van der Waals surface area (Å²) < 4.78 is 10.7. The molecule has 8 heteroatoms. The van der Waals surface area contributed by atoms with Crippen LogP contribution >= 0.6 is 0 Å². The van der Waals surface area contributed by atoms with Gasteiger partial charge in [-0.1, -0.05) is 38.0 Å². The van der Waals surface area contributed by atoms with E-state index in [1.54, 1.807) is 6.08 Å². The number of carbonyl (C=O) groups excluding carboxylic acids is 4. The molecule has 8 nitrogen and oxygen atoms in total. The third-order valence-corrected chi connectivity index (χ3v) is 6.15. The summed E-state index contributed by atoms with van der Waals surface area (Å²) in [7, 11) is 0. The molecule has 0 aromatic rings. The lowest BCUT2D eigenvalue weighted by Gasteiger charge is -2.27. The Bertz CT molecular complexity index is 732. The minimum atomic E-state index is -0.470. The maximum atomic E-state index is 12.2. The van der Waals surface area contributed by atoms with Crippen molar-refractivity contribution in [1.29, 1.82) is 0 Å². The first-order chi connectivity index (χ1) is 15.9. The van der Waals surface area contributed by atoms with Crippen LogP contribution in [-0.2, 0) is 28.7 Å². The van der Waals surface area contributed by atoms with Crippen LogP contribution in [0.1, 0.15) is 65.2 Å². The largest absolute Gasteiger partial charge is 0.457 e. The summed E-state index contributed by atoms with van der Waals surface area (Å²) in [6.45, 7) is 3.69. The van der Waals surface area contributed by atoms with Crippen molar-refractivity contribution in [3.05, 3.63) is 24.3 Å². The third-order valence-electron chi connectivity index (χ3n) is 6.15. The minimum absolute atomic E-state index is 0.0136. The molecule has 33 heavy (non-hydrogen) atoms. The van der Waals surface area contributed by atoms with Crippen LogP contribution in [0.3, 0.4) is 0 Å². The average molecular weight is 463 g/mol. The predicted molar refractivity (Wildman–Crippen MR) is 124 cm³/mol. The van der Waals surface area contributed by atoms with Crippen molar-refractivity contribution < 1.29 is 28.7 Å². The van der Waals surface area contributed by atoms with Crippen LogP contribution in [0, 0.1) is 11.8 Å². The normalized spacial score (nSPS) is 23.8. The van der Waals surface area contributed by atoms with Gasteiger partial charge in [-0.3, -0.25) is 19.2 Å². The second kappa shape index (κ2) is 14.6. The van der Waals surface area contributed by atoms with E-state index in [9.17, 15) is 19.2 Å². The number of hydrogen-bond acceptors (Lipinski definition) is 6. The Balaban J connectivity index is 1.69. The van der Waals surface area contributed by atoms with Gasteiger partial charge in [0, 0.05) is 25.8 Å². The maximum absolute atomic E-state index is 12.2. The average Bonchev–Trinajstić information content (AvgIpc) is 3.39. The van der Waals surface area contributed by atoms with Crippen LogP contribution in [0.5, 0.6) is 0 Å². The van der Waals surface area contributed by atoms with Gasteiger partial charge < -0.3 is 20.1 Å². The van der Waals surface area contributed by atoms with Crippen molar-refractivity contribution in [3.8, 4) is 0 Å². The Labute approximate surface area is 196 Å². The Hall–Kier alpha value is -2.48. The molecular formula is C25H38N2O6. The van der Waals surface area contributed by atoms with E-state index in [0.717, 1.165) is 38.5 Å². The highest BCUT2D eigenvalue weighted by atomic mass is 16.5. The fourth-order valence-corrected chi connectivity index (χ4v) is 4.43. The molecule has 2 N–H and O–H groups in total. The van der Waals surface area contributed by atoms with Crippen molar-refractivity contribution in [2.45, 2.75) is 77.4 Å². The van der Waals surface area contributed by atoms with Gasteiger partial charge in [-0.05, 0) is 44.1 Å². The second-order valence-electron chi connectivity index (χ2n) is 8.75. The molecule has 0 saturated carbocycles. The highest BCUT2D eigenvalue weighted by Gasteiger charge is 2.47. The summed E-state index contributed by atoms with van der Waals surface area (Å²) in [5, 5.41) is 5.65. The molecule has 2 heterocycles. The first-order valence-electron chi connectivity index (χ1n) is 12.1. The Kier molecular flexibility index (Phi) is 11.9. The van der Waals surface area contributed by atoms with E-state index in [4.69, 9.17) is 4.74 Å². The van der Waals surface area contributed by atoms with Gasteiger partial charge in [0.1, 0.15) is 0 Å². The van der Waals surface area contributed by atoms with Crippen LogP contribution in [0.15, 0.2) is 24.3 Å². The Morgan fingerprint density at radius 1 is 0.970 bits per heavy atom. The van der Waals surface area contributed by atoms with Crippen molar-refractivity contribution in [1.82, 2.24) is 10.6 Å². The number of esters is 1. The summed E-state index contributed by atoms with van der Waals surface area (Å²) in [6, 6.07) is 0. The number of nitrogens with one attached hydrogen (secondary N) is 2. The van der Waals surface area contributed by atoms with E-state index in [2.05, 4.69) is 28.4 Å². The third kappa shape index (κ3) is 9.90. The molecule has 2 bridgehead atoms. The molecule has 2 saturated heterocycles. The van der Waals surface area contributed by atoms with Gasteiger partial charge in [-0.15, -0.1) is 0 Å². The van der Waals surface area contributed by atoms with E-state index in [0.29, 0.717) is 25.3 Å². The number of ether oxygens (including phenoxy) is 2. The highest BCUT2D eigenvalue weighted by molar-refractivity contribution is 5.91. The summed E-state index contributed by atoms with van der Waals surface area (Å²) in [4.78, 5) is 46.2. The zero-order valence-electron chi connectivity index (χ0n) is 19.8. The lowest BCUT2D eigenvalue weighted by Crippen LogP contribution is -2.42. The van der Waals surface area contributed by atoms with Gasteiger partial charge in [0.25, 0.3) is 0 Å². The molecule has 184 valence electrons. The van der Waals surface area contributed by atoms with Crippen molar-refractivity contribution in [3.63, 3.8) is 0 Å². The van der Waals surface area contributed by atoms with E-state index in [-0.39, 0.29) is 48.9 Å². The summed E-state index contributed by atoms with van der Waals surface area (Å²) in [5.41, 5.74) is 0. The zero-order valence-corrected chi connectivity index (χ0v) is 19.8. The van der Waals surface area contributed by atoms with E-state index >= 15 is 0 Å². The lowest BCUT2D eigenvalue weighted by molar-refractivity contribution is -0.144. The van der Waals surface area contributed by atoms with Crippen LogP contribution in [-0.4, -0.2) is 55.5 Å². The number of ketones is 1. The molecular weight excluding hydrogens is 424 g/mol. The lowest BCUT2D eigenvalue weighted by atomic mass is 9.77. The van der Waals surface area contributed by atoms with Gasteiger partial charge in [0.2, 0.25) is 11.8 Å². The molecule has 2 aliphatic rings. The van der Waals surface area contributed by atoms with Gasteiger partial charge in [-0.2, -0.15) is 0 Å². The molecule has 2 aliphatic heterocycles. The molecule has 2 rings (SSSR count). The molecule has 0 aromatic heterocycles. The van der Waals surface area contributed by atoms with Crippen molar-refractivity contribution in [2.24, 2.45) is 11.8 Å². The highest BCUT2D eigenvalue weighted by Crippen LogP contribution is 2.44. The number of rotatable bonds is 15. The van der Waals surface area contributed by atoms with Gasteiger partial charge in [0.05, 0.1) is 18.8 Å². The number of hydrogen-bond donors (Lipinski definition) is 2. The van der Waals surface area contributed by atoms with Crippen LogP contribution in [0.25, 0.3) is 0 Å². The second-order valence-corrected chi connectivity index (χ2v) is 8.75. The fraction of sp³-hybridized carbons (Fsp3) is 0.680. The monoisotopic (exact) mass is 462 g/mol. The molecule has 0 aliphatic carbocycles. The van der Waals surface area contributed by atoms with E-state index in [1.165, 1.54) is 13.0 Å². The van der Waals surface area contributed by atoms with E-state index < -0.39 is 5.97 Å². The smallest absolute Gasteiger partial charge is 0.303 e. The Morgan fingerprint density at radius 2 is 1.73 bits per heavy atom. The summed E-state index contributed by atoms with van der Waals surface area (Å²) in [5.74, 6) is -0.348. The van der Waals surface area contributed by atoms with Crippen LogP contribution in [0.4, 0.5) is 0 Å². The molecule has 4 atom stereocenters. The Morgan fingerprint density at radius 3 is 2.45 bits per heavy atom. The molecule has 0 spiro atoms. The summed E-state index contributed by atoms with van der Waals surface area (Å²) >= 11 is 0. The molecule has 0 unspecified atom stereocenters. The van der Waals surface area contributed by atoms with Crippen LogP contribution in [0.2, 0.25) is 0 Å². The molecule has 0 aromatic carbocycles. The summed E-state index contributed by atoms with van der Waals surface area (Å²) in [6.07, 6.45) is 14.6. The van der Waals surface area contributed by atoms with Gasteiger partial charge in [0.15, 0.2) is 12.4 Å². The molecule has 0 radical (unpaired) electrons. The van der Waals surface area contributed by atoms with Crippen molar-refractivity contribution in [2.75, 3.05) is 19.7 Å². The van der Waals surface area contributed by atoms with E-state index in [1.807, 2.05) is 6.08 Å². The van der Waals surface area contributed by atoms with Crippen molar-refractivity contribution >= 4 is 23.6 Å². The zero-order chi connectivity index (χ0) is 24.1. The first-order valence-corrected chi connectivity index (χ1v) is 12.1. The number of unbranched alkanes of at least 4 members (excludes halogenated alkanes) is 2. The number of fused-ring (bicyclic) bond motifs is 2. The van der Waals surface area contributed by atoms with Gasteiger partial charge >= 0.3 is 5.97 Å². The topological polar surface area (TPSA) is 111 Å². The molecule has 2 amide bonds. The maximum Gasteiger partial charge on any atom is 0.303 e. The minimum Gasteiger partial charge on any atom is -0.457 e. The first kappa shape index (κ1) is 26.8. The van der Waals surface area contributed by atoms with Crippen LogP contribution < -0.4 is 10.6 Å². The quantitative estimate of drug-likeness (QED) is 0.168. The molecule has 2 fully saturated rings. The van der Waals surface area contributed by atoms with Gasteiger partial charge in [-0.25, -0.2) is 0 Å². The number of carbonyl (C=O) groups is 4. The SMILES string of the molecule is CCCCCC(=O)NCC(=O)NC[C@H]1[C@@H](CC=CCC=CC(=O)COC(C)=O)[C@H]2CC[C@@H]1O2. The number of allylic oxidation sites excluding steroid dienone is 3. The standard InChI is InChI=1S/C25H38N2O6/c1-3-4-7-12-24(30)27-16-25(31)26-15-21-20(22-13-14-23(21)33-22)11-9-6-5-8-10-19(29)17-32-18(2)28/h6,8-10,20-23H,3-5,7,11-17H2,1-2H3,(H,26,31)(H,27,30)/t20-,21+,22-,23+/m1/s1. The predicted octanol–water partition coefficient (Wildman–Crippen LogP) is 2.62. The fourth-order valence-electron chi connectivity index (χ4n) is 4.43. The number of amides is 2.